The first kappa shape index (κ1) is 16.2. The van der Waals surface area contributed by atoms with Crippen molar-refractivity contribution in [3.05, 3.63) is 22.5 Å². The van der Waals surface area contributed by atoms with E-state index in [-0.39, 0.29) is 0 Å². The molecule has 0 aliphatic heterocycles. The molecule has 0 radical (unpaired) electrons. The van der Waals surface area contributed by atoms with Gasteiger partial charge in [-0.2, -0.15) is 0 Å². The number of hydrogen-bond acceptors (Lipinski definition) is 2. The van der Waals surface area contributed by atoms with Crippen LogP contribution in [0.5, 0.6) is 0 Å². The average Bonchev–Trinajstić information content (AvgIpc) is 2.26. The molecule has 0 aromatic heterocycles. The highest BCUT2D eigenvalue weighted by atomic mass is 16.5. The van der Waals surface area contributed by atoms with Crippen LogP contribution in [0.3, 0.4) is 0 Å². The van der Waals surface area contributed by atoms with Crippen LogP contribution in [0, 0.1) is 0 Å². The molecule has 100 valence electrons. The molecule has 0 saturated carbocycles. The highest BCUT2D eigenvalue weighted by Gasteiger charge is 2.19. The van der Waals surface area contributed by atoms with Gasteiger partial charge in [0.1, 0.15) is 5.76 Å². The van der Waals surface area contributed by atoms with Crippen molar-refractivity contribution < 1.29 is 4.74 Å². The van der Waals surface area contributed by atoms with Crippen LogP contribution < -0.4 is 0 Å². The van der Waals surface area contributed by atoms with Gasteiger partial charge in [0.15, 0.2) is 0 Å². The molecule has 0 aromatic carbocycles. The molecule has 0 bridgehead atoms. The Bertz CT molecular complexity index is 296. The Hall–Kier alpha value is -0.760. The van der Waals surface area contributed by atoms with Crippen molar-refractivity contribution in [3.8, 4) is 0 Å². The first-order valence-electron chi connectivity index (χ1n) is 6.51. The van der Waals surface area contributed by atoms with Crippen molar-refractivity contribution in [2.45, 2.75) is 54.0 Å². The van der Waals surface area contributed by atoms with E-state index in [0.29, 0.717) is 6.04 Å². The first-order chi connectivity index (χ1) is 7.86. The molecule has 1 unspecified atom stereocenters. The molecule has 0 amide bonds. The van der Waals surface area contributed by atoms with Gasteiger partial charge in [-0.1, -0.05) is 12.5 Å². The van der Waals surface area contributed by atoms with E-state index in [0.717, 1.165) is 18.8 Å². The topological polar surface area (TPSA) is 12.5 Å². The molecule has 2 nitrogen and oxygen atoms in total. The molecule has 0 aliphatic carbocycles. The summed E-state index contributed by atoms with van der Waals surface area (Å²) in [6, 6.07) is 0.365. The summed E-state index contributed by atoms with van der Waals surface area (Å²) in [5, 5.41) is 0. The average molecular weight is 239 g/mol. The summed E-state index contributed by atoms with van der Waals surface area (Å²) in [5.74, 6) is 1.12. The lowest BCUT2D eigenvalue weighted by Crippen LogP contribution is -2.31. The fourth-order valence-corrected chi connectivity index (χ4v) is 1.95. The summed E-state index contributed by atoms with van der Waals surface area (Å²) in [6.07, 6.45) is 1.07. The van der Waals surface area contributed by atoms with E-state index >= 15 is 0 Å². The third-order valence-corrected chi connectivity index (χ3v) is 3.29. The summed E-state index contributed by atoms with van der Waals surface area (Å²) in [7, 11) is 4.22. The van der Waals surface area contributed by atoms with Crippen LogP contribution in [-0.4, -0.2) is 31.6 Å². The molecule has 0 saturated heterocycles. The zero-order valence-corrected chi connectivity index (χ0v) is 12.8. The number of rotatable bonds is 6. The zero-order valence-electron chi connectivity index (χ0n) is 12.8. The van der Waals surface area contributed by atoms with Crippen molar-refractivity contribution >= 4 is 0 Å². The third-order valence-electron chi connectivity index (χ3n) is 3.29. The SMILES string of the molecule is CCOC(=C(C)C(C)=C(C)C)C(CC)N(C)C. The van der Waals surface area contributed by atoms with E-state index < -0.39 is 0 Å². The highest BCUT2D eigenvalue weighted by Crippen LogP contribution is 2.24. The van der Waals surface area contributed by atoms with Gasteiger partial charge in [0.25, 0.3) is 0 Å². The predicted molar refractivity (Wildman–Crippen MR) is 76.1 cm³/mol. The van der Waals surface area contributed by atoms with Gasteiger partial charge in [0.2, 0.25) is 0 Å². The number of likely N-dealkylation sites (N-methyl/N-ethyl adjacent to an activating group) is 1. The summed E-state index contributed by atoms with van der Waals surface area (Å²) < 4.78 is 5.89. The molecular formula is C15H29NO. The standard InChI is InChI=1S/C15H29NO/c1-9-14(16(7)8)15(17-10-2)13(6)12(5)11(3)4/h14H,9-10H2,1-8H3. The van der Waals surface area contributed by atoms with E-state index in [2.05, 4.69) is 53.6 Å². The fraction of sp³-hybridized carbons (Fsp3) is 0.733. The second-order valence-electron chi connectivity index (χ2n) is 4.93. The molecule has 17 heavy (non-hydrogen) atoms. The van der Waals surface area contributed by atoms with Crippen LogP contribution in [0.2, 0.25) is 0 Å². The van der Waals surface area contributed by atoms with E-state index in [4.69, 9.17) is 4.74 Å². The number of ether oxygens (including phenoxy) is 1. The summed E-state index contributed by atoms with van der Waals surface area (Å²) in [6.45, 7) is 13.6. The first-order valence-corrected chi connectivity index (χ1v) is 6.51. The third kappa shape index (κ3) is 4.55. The summed E-state index contributed by atoms with van der Waals surface area (Å²) in [4.78, 5) is 2.23. The molecule has 1 atom stereocenters. The van der Waals surface area contributed by atoms with Crippen molar-refractivity contribution in [1.82, 2.24) is 4.90 Å². The number of nitrogens with zero attached hydrogens (tertiary/aromatic N) is 1. The van der Waals surface area contributed by atoms with Crippen molar-refractivity contribution in [2.75, 3.05) is 20.7 Å². The molecule has 0 heterocycles. The maximum absolute atomic E-state index is 5.89. The number of allylic oxidation sites excluding steroid dienone is 3. The molecule has 0 fully saturated rings. The van der Waals surface area contributed by atoms with Crippen LogP contribution >= 0.6 is 0 Å². The lowest BCUT2D eigenvalue weighted by atomic mass is 9.99. The van der Waals surface area contributed by atoms with Gasteiger partial charge in [-0.3, -0.25) is 4.90 Å². The molecule has 0 rings (SSSR count). The molecular weight excluding hydrogens is 210 g/mol. The normalized spacial score (nSPS) is 14.4. The minimum atomic E-state index is 0.365. The largest absolute Gasteiger partial charge is 0.496 e. The zero-order chi connectivity index (χ0) is 13.6. The van der Waals surface area contributed by atoms with Crippen molar-refractivity contribution in [2.24, 2.45) is 0 Å². The van der Waals surface area contributed by atoms with E-state index in [1.807, 2.05) is 6.92 Å². The quantitative estimate of drug-likeness (QED) is 0.513. The van der Waals surface area contributed by atoms with Crippen LogP contribution in [0.4, 0.5) is 0 Å². The lowest BCUT2D eigenvalue weighted by molar-refractivity contribution is 0.155. The smallest absolute Gasteiger partial charge is 0.116 e. The second-order valence-corrected chi connectivity index (χ2v) is 4.93. The Morgan fingerprint density at radius 2 is 1.53 bits per heavy atom. The Balaban J connectivity index is 5.47. The van der Waals surface area contributed by atoms with Gasteiger partial charge in [-0.25, -0.2) is 0 Å². The molecule has 0 N–H and O–H groups in total. The molecule has 0 aromatic rings. The van der Waals surface area contributed by atoms with Gasteiger partial charge < -0.3 is 4.74 Å². The van der Waals surface area contributed by atoms with Crippen LogP contribution in [0.1, 0.15) is 48.0 Å². The monoisotopic (exact) mass is 239 g/mol. The Kier molecular flexibility index (Phi) is 7.21. The Morgan fingerprint density at radius 3 is 1.82 bits per heavy atom. The van der Waals surface area contributed by atoms with E-state index in [1.54, 1.807) is 0 Å². The predicted octanol–water partition coefficient (Wildman–Crippen LogP) is 3.99. The van der Waals surface area contributed by atoms with Crippen LogP contribution in [0.15, 0.2) is 22.5 Å². The fourth-order valence-electron chi connectivity index (χ4n) is 1.95. The molecule has 0 spiro atoms. The Labute approximate surface area is 107 Å². The van der Waals surface area contributed by atoms with Gasteiger partial charge in [-0.05, 0) is 66.3 Å². The van der Waals surface area contributed by atoms with Crippen molar-refractivity contribution in [3.63, 3.8) is 0 Å². The summed E-state index contributed by atoms with van der Waals surface area (Å²) >= 11 is 0. The van der Waals surface area contributed by atoms with E-state index in [1.165, 1.54) is 16.7 Å². The van der Waals surface area contributed by atoms with Crippen LogP contribution in [-0.2, 0) is 4.74 Å². The minimum Gasteiger partial charge on any atom is -0.496 e. The van der Waals surface area contributed by atoms with Gasteiger partial charge in [-0.15, -0.1) is 0 Å². The van der Waals surface area contributed by atoms with Crippen LogP contribution in [0.25, 0.3) is 0 Å². The lowest BCUT2D eigenvalue weighted by Gasteiger charge is -2.28. The number of hydrogen-bond donors (Lipinski definition) is 0. The summed E-state index contributed by atoms with van der Waals surface area (Å²) in [5.41, 5.74) is 3.98. The van der Waals surface area contributed by atoms with E-state index in [9.17, 15) is 0 Å². The second kappa shape index (κ2) is 7.54. The van der Waals surface area contributed by atoms with Gasteiger partial charge in [0, 0.05) is 0 Å². The maximum Gasteiger partial charge on any atom is 0.116 e. The molecule has 2 heteroatoms. The van der Waals surface area contributed by atoms with Gasteiger partial charge >= 0.3 is 0 Å². The van der Waals surface area contributed by atoms with Crippen molar-refractivity contribution in [1.29, 1.82) is 0 Å². The minimum absolute atomic E-state index is 0.365. The van der Waals surface area contributed by atoms with Gasteiger partial charge in [0.05, 0.1) is 12.6 Å². The molecule has 0 aliphatic rings. The highest BCUT2D eigenvalue weighted by molar-refractivity contribution is 5.34. The maximum atomic E-state index is 5.89. The Morgan fingerprint density at radius 1 is 1.00 bits per heavy atom.